The molecule has 2 aromatic rings. The highest BCUT2D eigenvalue weighted by Gasteiger charge is 2.33. The van der Waals surface area contributed by atoms with Crippen LogP contribution in [0.1, 0.15) is 36.2 Å². The van der Waals surface area contributed by atoms with Crippen LogP contribution in [0.3, 0.4) is 0 Å². The third kappa shape index (κ3) is 4.51. The second-order valence-electron chi connectivity index (χ2n) is 7.20. The number of nitrogens with zero attached hydrogens (tertiary/aromatic N) is 3. The Morgan fingerprint density at radius 1 is 1.26 bits per heavy atom. The number of rotatable bonds is 4. The van der Waals surface area contributed by atoms with Crippen molar-refractivity contribution in [3.8, 4) is 0 Å². The summed E-state index contributed by atoms with van der Waals surface area (Å²) >= 11 is 0. The Morgan fingerprint density at radius 2 is 2.00 bits per heavy atom. The number of carbonyl (C=O) groups excluding carboxylic acids is 2. The first-order valence-electron chi connectivity index (χ1n) is 9.19. The van der Waals surface area contributed by atoms with Crippen LogP contribution in [-0.2, 0) is 11.3 Å². The molecule has 0 spiro atoms. The summed E-state index contributed by atoms with van der Waals surface area (Å²) < 4.78 is 13.2. The maximum Gasteiger partial charge on any atom is 0.255 e. The van der Waals surface area contributed by atoms with Crippen molar-refractivity contribution >= 4 is 11.8 Å². The van der Waals surface area contributed by atoms with E-state index in [-0.39, 0.29) is 36.0 Å². The van der Waals surface area contributed by atoms with Crippen LogP contribution in [0.5, 0.6) is 0 Å². The molecule has 0 N–H and O–H groups in total. The number of benzene rings is 1. The van der Waals surface area contributed by atoms with Gasteiger partial charge in [-0.1, -0.05) is 26.0 Å². The lowest BCUT2D eigenvalue weighted by Crippen LogP contribution is -2.47. The minimum Gasteiger partial charge on any atom is -0.336 e. The highest BCUT2D eigenvalue weighted by atomic mass is 19.1. The monoisotopic (exact) mass is 369 g/mol. The molecule has 2 heterocycles. The van der Waals surface area contributed by atoms with Crippen molar-refractivity contribution in [2.24, 2.45) is 5.92 Å². The van der Waals surface area contributed by atoms with Crippen molar-refractivity contribution in [3.05, 3.63) is 65.7 Å². The van der Waals surface area contributed by atoms with Gasteiger partial charge in [0.15, 0.2) is 0 Å². The van der Waals surface area contributed by atoms with Crippen molar-refractivity contribution in [1.82, 2.24) is 14.8 Å². The number of halogens is 1. The molecule has 1 atom stereocenters. The molecular weight excluding hydrogens is 345 g/mol. The highest BCUT2D eigenvalue weighted by molar-refractivity contribution is 5.94. The second-order valence-corrected chi connectivity index (χ2v) is 7.20. The number of amides is 2. The molecule has 2 amide bonds. The summed E-state index contributed by atoms with van der Waals surface area (Å²) in [4.78, 5) is 33.2. The summed E-state index contributed by atoms with van der Waals surface area (Å²) in [6.07, 6.45) is 3.45. The van der Waals surface area contributed by atoms with Crippen LogP contribution in [0.2, 0.25) is 0 Å². The molecule has 0 radical (unpaired) electrons. The lowest BCUT2D eigenvalue weighted by molar-refractivity contribution is -0.134. The van der Waals surface area contributed by atoms with E-state index in [1.165, 1.54) is 12.1 Å². The molecule has 5 nitrogen and oxygen atoms in total. The number of hydrogen-bond acceptors (Lipinski definition) is 3. The van der Waals surface area contributed by atoms with E-state index in [0.29, 0.717) is 25.2 Å². The normalized spacial score (nSPS) is 17.9. The third-order valence-electron chi connectivity index (χ3n) is 4.96. The fraction of sp³-hybridized carbons (Fsp3) is 0.381. The predicted molar refractivity (Wildman–Crippen MR) is 100 cm³/mol. The van der Waals surface area contributed by atoms with Crippen molar-refractivity contribution < 1.29 is 14.0 Å². The van der Waals surface area contributed by atoms with Gasteiger partial charge < -0.3 is 9.80 Å². The summed E-state index contributed by atoms with van der Waals surface area (Å²) in [6.45, 7) is 5.37. The van der Waals surface area contributed by atoms with Crippen molar-refractivity contribution in [1.29, 1.82) is 0 Å². The largest absolute Gasteiger partial charge is 0.336 e. The molecule has 3 rings (SSSR count). The Hall–Kier alpha value is -2.76. The molecule has 1 aromatic heterocycles. The molecule has 6 heteroatoms. The minimum atomic E-state index is -0.297. The smallest absolute Gasteiger partial charge is 0.255 e. The van der Waals surface area contributed by atoms with Gasteiger partial charge in [-0.15, -0.1) is 0 Å². The number of hydrogen-bond donors (Lipinski definition) is 0. The summed E-state index contributed by atoms with van der Waals surface area (Å²) in [5.41, 5.74) is 1.40. The molecule has 1 aromatic carbocycles. The van der Waals surface area contributed by atoms with Gasteiger partial charge in [-0.2, -0.15) is 0 Å². The van der Waals surface area contributed by atoms with Gasteiger partial charge in [0.1, 0.15) is 5.82 Å². The first-order chi connectivity index (χ1) is 13.0. The third-order valence-corrected chi connectivity index (χ3v) is 4.96. The zero-order chi connectivity index (χ0) is 19.4. The van der Waals surface area contributed by atoms with Crippen LogP contribution in [0.15, 0.2) is 48.8 Å². The van der Waals surface area contributed by atoms with E-state index in [4.69, 9.17) is 0 Å². The maximum atomic E-state index is 13.2. The lowest BCUT2D eigenvalue weighted by Gasteiger charge is -2.34. The van der Waals surface area contributed by atoms with Gasteiger partial charge in [0.05, 0.1) is 11.6 Å². The van der Waals surface area contributed by atoms with Crippen molar-refractivity contribution in [2.75, 3.05) is 13.1 Å². The van der Waals surface area contributed by atoms with Gasteiger partial charge in [0, 0.05) is 38.4 Å². The standard InChI is InChI=1S/C21H24FN3O2/c1-15(2)19-14-24(21(27)17-4-3-10-23-12-17)11-9-20(26)25(19)13-16-5-7-18(22)8-6-16/h3-8,10,12,15,19H,9,11,13-14H2,1-2H3/t19-/m0/s1. The second kappa shape index (κ2) is 8.29. The zero-order valence-corrected chi connectivity index (χ0v) is 15.6. The first-order valence-corrected chi connectivity index (χ1v) is 9.19. The summed E-state index contributed by atoms with van der Waals surface area (Å²) in [6, 6.07) is 9.57. The van der Waals surface area contributed by atoms with Gasteiger partial charge in [0.2, 0.25) is 5.91 Å². The fourth-order valence-electron chi connectivity index (χ4n) is 3.39. The minimum absolute atomic E-state index is 0.0134. The molecule has 0 bridgehead atoms. The molecular formula is C21H24FN3O2. The quantitative estimate of drug-likeness (QED) is 0.832. The van der Waals surface area contributed by atoms with Crippen molar-refractivity contribution in [3.63, 3.8) is 0 Å². The Balaban J connectivity index is 1.82. The topological polar surface area (TPSA) is 53.5 Å². The first kappa shape index (κ1) is 19.0. The molecule has 27 heavy (non-hydrogen) atoms. The van der Waals surface area contributed by atoms with E-state index >= 15 is 0 Å². The maximum absolute atomic E-state index is 13.2. The molecule has 0 saturated carbocycles. The molecule has 1 aliphatic heterocycles. The van der Waals surface area contributed by atoms with Gasteiger partial charge in [-0.3, -0.25) is 14.6 Å². The molecule has 1 saturated heterocycles. The molecule has 1 fully saturated rings. The van der Waals surface area contributed by atoms with E-state index in [1.54, 1.807) is 41.6 Å². The van der Waals surface area contributed by atoms with Gasteiger partial charge in [-0.05, 0) is 35.7 Å². The Labute approximate surface area is 158 Å². The predicted octanol–water partition coefficient (Wildman–Crippen LogP) is 3.12. The molecule has 0 unspecified atom stereocenters. The summed E-state index contributed by atoms with van der Waals surface area (Å²) in [5, 5.41) is 0. The molecule has 1 aliphatic rings. The van der Waals surface area contributed by atoms with E-state index < -0.39 is 0 Å². The zero-order valence-electron chi connectivity index (χ0n) is 15.6. The average molecular weight is 369 g/mol. The van der Waals surface area contributed by atoms with E-state index in [1.807, 2.05) is 18.7 Å². The average Bonchev–Trinajstić information content (AvgIpc) is 2.83. The van der Waals surface area contributed by atoms with Crippen LogP contribution < -0.4 is 0 Å². The highest BCUT2D eigenvalue weighted by Crippen LogP contribution is 2.22. The number of aromatic nitrogens is 1. The van der Waals surface area contributed by atoms with E-state index in [9.17, 15) is 14.0 Å². The summed E-state index contributed by atoms with van der Waals surface area (Å²) in [7, 11) is 0. The number of carbonyl (C=O) groups is 2. The van der Waals surface area contributed by atoms with Crippen LogP contribution in [0, 0.1) is 11.7 Å². The molecule has 142 valence electrons. The fourth-order valence-corrected chi connectivity index (χ4v) is 3.39. The van der Waals surface area contributed by atoms with Gasteiger partial charge in [-0.25, -0.2) is 4.39 Å². The Kier molecular flexibility index (Phi) is 5.84. The van der Waals surface area contributed by atoms with Gasteiger partial charge >= 0.3 is 0 Å². The van der Waals surface area contributed by atoms with Crippen molar-refractivity contribution in [2.45, 2.75) is 32.9 Å². The van der Waals surface area contributed by atoms with Crippen LogP contribution in [0.25, 0.3) is 0 Å². The number of pyridine rings is 1. The molecule has 0 aliphatic carbocycles. The van der Waals surface area contributed by atoms with E-state index in [2.05, 4.69) is 4.98 Å². The van der Waals surface area contributed by atoms with Crippen LogP contribution >= 0.6 is 0 Å². The van der Waals surface area contributed by atoms with Crippen LogP contribution in [-0.4, -0.2) is 45.7 Å². The summed E-state index contributed by atoms with van der Waals surface area (Å²) in [5.74, 6) is -0.212. The SMILES string of the molecule is CC(C)[C@@H]1CN(C(=O)c2cccnc2)CCC(=O)N1Cc1ccc(F)cc1. The van der Waals surface area contributed by atoms with Gasteiger partial charge in [0.25, 0.3) is 5.91 Å². The van der Waals surface area contributed by atoms with Crippen LogP contribution in [0.4, 0.5) is 4.39 Å². The van der Waals surface area contributed by atoms with E-state index in [0.717, 1.165) is 5.56 Å². The Morgan fingerprint density at radius 3 is 2.63 bits per heavy atom. The lowest BCUT2D eigenvalue weighted by atomic mass is 10.0. The Bertz CT molecular complexity index is 793.